The first kappa shape index (κ1) is 25.0. The molecule has 1 aromatic heterocycles. The lowest BCUT2D eigenvalue weighted by molar-refractivity contribution is -0.125. The van der Waals surface area contributed by atoms with E-state index in [1.165, 1.54) is 4.90 Å². The van der Waals surface area contributed by atoms with E-state index in [1.807, 2.05) is 81.4 Å². The first-order valence-electron chi connectivity index (χ1n) is 13.6. The Morgan fingerprint density at radius 3 is 2.51 bits per heavy atom. The van der Waals surface area contributed by atoms with Gasteiger partial charge in [0.25, 0.3) is 5.91 Å². The quantitative estimate of drug-likeness (QED) is 0.281. The van der Waals surface area contributed by atoms with Gasteiger partial charge in [0.15, 0.2) is 17.0 Å². The highest BCUT2D eigenvalue weighted by molar-refractivity contribution is 6.24. The monoisotopic (exact) mass is 523 g/mol. The number of anilines is 1. The maximum atomic E-state index is 14.2. The van der Waals surface area contributed by atoms with Crippen LogP contribution in [0.2, 0.25) is 0 Å². The van der Waals surface area contributed by atoms with Gasteiger partial charge in [-0.2, -0.15) is 0 Å². The summed E-state index contributed by atoms with van der Waals surface area (Å²) >= 11 is 0. The number of imide groups is 1. The van der Waals surface area contributed by atoms with Gasteiger partial charge < -0.3 is 19.4 Å². The Balaban J connectivity index is 1.58. The van der Waals surface area contributed by atoms with E-state index in [0.29, 0.717) is 36.9 Å². The predicted octanol–water partition coefficient (Wildman–Crippen LogP) is 6.49. The number of H-pyrrole nitrogens is 1. The molecule has 1 N–H and O–H groups in total. The van der Waals surface area contributed by atoms with Crippen LogP contribution >= 0.6 is 0 Å². The second kappa shape index (κ2) is 9.49. The Bertz CT molecular complexity index is 1590. The van der Waals surface area contributed by atoms with Gasteiger partial charge in [-0.3, -0.25) is 4.79 Å². The number of hydrogen-bond donors (Lipinski definition) is 1. The van der Waals surface area contributed by atoms with Gasteiger partial charge >= 0.3 is 6.03 Å². The van der Waals surface area contributed by atoms with Gasteiger partial charge in [0.05, 0.1) is 24.6 Å². The molecule has 1 saturated heterocycles. The molecule has 6 rings (SSSR count). The van der Waals surface area contributed by atoms with Crippen LogP contribution < -0.4 is 14.4 Å². The molecule has 0 aliphatic carbocycles. The van der Waals surface area contributed by atoms with Crippen molar-refractivity contribution in [3.63, 3.8) is 0 Å². The Morgan fingerprint density at radius 2 is 1.74 bits per heavy atom. The second-order valence-corrected chi connectivity index (χ2v) is 10.4. The maximum Gasteiger partial charge on any atom is 0.332 e. The molecule has 3 heterocycles. The normalized spacial score (nSPS) is 20.4. The van der Waals surface area contributed by atoms with Crippen LogP contribution in [-0.4, -0.2) is 41.6 Å². The number of para-hydroxylation sites is 3. The first-order valence-corrected chi connectivity index (χ1v) is 13.6. The summed E-state index contributed by atoms with van der Waals surface area (Å²) in [6.07, 6.45) is 0.878. The van der Waals surface area contributed by atoms with Gasteiger partial charge in [-0.15, -0.1) is 0 Å². The number of ether oxygens (including phenoxy) is 2. The number of urea groups is 1. The molecule has 7 nitrogen and oxygen atoms in total. The molecule has 2 atom stereocenters. The predicted molar refractivity (Wildman–Crippen MR) is 152 cm³/mol. The minimum absolute atomic E-state index is 0.232. The minimum atomic E-state index is -1.17. The van der Waals surface area contributed by atoms with Gasteiger partial charge in [-0.25, -0.2) is 9.69 Å². The Kier molecular flexibility index (Phi) is 6.09. The highest BCUT2D eigenvalue weighted by Crippen LogP contribution is 2.52. The summed E-state index contributed by atoms with van der Waals surface area (Å²) in [5.41, 5.74) is 3.95. The van der Waals surface area contributed by atoms with E-state index < -0.39 is 5.54 Å². The van der Waals surface area contributed by atoms with Gasteiger partial charge in [0.1, 0.15) is 0 Å². The Labute approximate surface area is 228 Å². The van der Waals surface area contributed by atoms with Crippen molar-refractivity contribution < 1.29 is 19.1 Å². The molecule has 0 bridgehead atoms. The largest absolute Gasteiger partial charge is 0.490 e. The molecule has 0 radical (unpaired) electrons. The van der Waals surface area contributed by atoms with Gasteiger partial charge in [0.2, 0.25) is 0 Å². The second-order valence-electron chi connectivity index (χ2n) is 10.4. The SMILES string of the molecule is CCCOc1cccc(C2CN3C(=O)N(c4ccccc4C)C(=O)C3(C)c3[nH]c4ccccc4c32)c1OCC. The summed E-state index contributed by atoms with van der Waals surface area (Å²) in [5.74, 6) is 0.894. The van der Waals surface area contributed by atoms with Crippen LogP contribution in [0.3, 0.4) is 0 Å². The molecule has 3 amide bonds. The van der Waals surface area contributed by atoms with E-state index >= 15 is 0 Å². The molecule has 0 spiro atoms. The van der Waals surface area contributed by atoms with Gasteiger partial charge in [-0.1, -0.05) is 55.5 Å². The summed E-state index contributed by atoms with van der Waals surface area (Å²) in [6.45, 7) is 9.19. The van der Waals surface area contributed by atoms with Gasteiger partial charge in [-0.05, 0) is 56.5 Å². The standard InChI is InChI=1S/C32H33N3O4/c1-5-18-39-26-17-11-14-21(28(26)38-6-2)23-19-34-31(37)35(25-16-10-7-12-20(25)3)30(36)32(34,4)29-27(23)22-13-8-9-15-24(22)33-29/h7-17,23,33H,5-6,18-19H2,1-4H3. The molecule has 2 aliphatic rings. The number of aromatic nitrogens is 1. The molecule has 200 valence electrons. The highest BCUT2D eigenvalue weighted by atomic mass is 16.5. The fraction of sp³-hybridized carbons (Fsp3) is 0.312. The number of hydrogen-bond acceptors (Lipinski definition) is 4. The molecule has 7 heteroatoms. The van der Waals surface area contributed by atoms with Crippen molar-refractivity contribution in [1.82, 2.24) is 9.88 Å². The van der Waals surface area contributed by atoms with Crippen molar-refractivity contribution in [3.05, 3.63) is 89.1 Å². The number of amides is 3. The van der Waals surface area contributed by atoms with E-state index in [4.69, 9.17) is 9.47 Å². The number of rotatable bonds is 7. The summed E-state index contributed by atoms with van der Waals surface area (Å²) in [7, 11) is 0. The average Bonchev–Trinajstić information content (AvgIpc) is 3.42. The van der Waals surface area contributed by atoms with E-state index in [1.54, 1.807) is 4.90 Å². The summed E-state index contributed by atoms with van der Waals surface area (Å²) in [6, 6.07) is 21.2. The zero-order chi connectivity index (χ0) is 27.3. The van der Waals surface area contributed by atoms with Crippen molar-refractivity contribution in [2.45, 2.75) is 45.6 Å². The molecule has 39 heavy (non-hydrogen) atoms. The van der Waals surface area contributed by atoms with Crippen LogP contribution in [-0.2, 0) is 10.3 Å². The van der Waals surface area contributed by atoms with E-state index in [-0.39, 0.29) is 17.9 Å². The third-order valence-corrected chi connectivity index (χ3v) is 8.02. The van der Waals surface area contributed by atoms with E-state index in [2.05, 4.69) is 18.0 Å². The van der Waals surface area contributed by atoms with Crippen molar-refractivity contribution in [2.24, 2.45) is 0 Å². The molecule has 2 aliphatic heterocycles. The Hall–Kier alpha value is -4.26. The van der Waals surface area contributed by atoms with Crippen LogP contribution in [0.5, 0.6) is 11.5 Å². The lowest BCUT2D eigenvalue weighted by Crippen LogP contribution is -2.50. The molecule has 4 aromatic rings. The first-order chi connectivity index (χ1) is 18.9. The lowest BCUT2D eigenvalue weighted by Gasteiger charge is -2.40. The van der Waals surface area contributed by atoms with E-state index in [9.17, 15) is 9.59 Å². The molecule has 2 unspecified atom stereocenters. The van der Waals surface area contributed by atoms with Crippen LogP contribution in [0.25, 0.3) is 10.9 Å². The van der Waals surface area contributed by atoms with Crippen molar-refractivity contribution in [3.8, 4) is 11.5 Å². The lowest BCUT2D eigenvalue weighted by atomic mass is 9.78. The number of nitrogens with zero attached hydrogens (tertiary/aromatic N) is 2. The highest BCUT2D eigenvalue weighted by Gasteiger charge is 2.61. The third kappa shape index (κ3) is 3.63. The fourth-order valence-electron chi connectivity index (χ4n) is 6.13. The summed E-state index contributed by atoms with van der Waals surface area (Å²) < 4.78 is 12.3. The smallest absolute Gasteiger partial charge is 0.332 e. The number of nitrogens with one attached hydrogen (secondary N) is 1. The fourth-order valence-corrected chi connectivity index (χ4v) is 6.13. The number of fused-ring (bicyclic) bond motifs is 5. The third-order valence-electron chi connectivity index (χ3n) is 8.02. The molecular formula is C32H33N3O4. The van der Waals surface area contributed by atoms with Crippen LogP contribution in [0.4, 0.5) is 10.5 Å². The van der Waals surface area contributed by atoms with Crippen molar-refractivity contribution >= 4 is 28.5 Å². The number of carbonyl (C=O) groups excluding carboxylic acids is 2. The van der Waals surface area contributed by atoms with Crippen molar-refractivity contribution in [2.75, 3.05) is 24.7 Å². The zero-order valence-corrected chi connectivity index (χ0v) is 22.8. The number of benzene rings is 3. The zero-order valence-electron chi connectivity index (χ0n) is 22.8. The Morgan fingerprint density at radius 1 is 0.974 bits per heavy atom. The van der Waals surface area contributed by atoms with Crippen LogP contribution in [0.15, 0.2) is 66.7 Å². The maximum absolute atomic E-state index is 14.2. The number of aromatic amines is 1. The molecule has 3 aromatic carbocycles. The molecule has 1 fully saturated rings. The van der Waals surface area contributed by atoms with Crippen LogP contribution in [0, 0.1) is 6.92 Å². The van der Waals surface area contributed by atoms with Crippen molar-refractivity contribution in [1.29, 1.82) is 0 Å². The average molecular weight is 524 g/mol. The van der Waals surface area contributed by atoms with E-state index in [0.717, 1.165) is 39.7 Å². The molecule has 0 saturated carbocycles. The topological polar surface area (TPSA) is 74.9 Å². The van der Waals surface area contributed by atoms with Crippen LogP contribution in [0.1, 0.15) is 55.5 Å². The number of carbonyl (C=O) groups is 2. The summed E-state index contributed by atoms with van der Waals surface area (Å²) in [5, 5.41) is 1.04. The molecular weight excluding hydrogens is 490 g/mol. The minimum Gasteiger partial charge on any atom is -0.490 e. The summed E-state index contributed by atoms with van der Waals surface area (Å²) in [4.78, 5) is 35.0. The number of aryl methyl sites for hydroxylation is 1. The van der Waals surface area contributed by atoms with Gasteiger partial charge in [0, 0.05) is 28.9 Å².